The predicted octanol–water partition coefficient (Wildman–Crippen LogP) is 3.76. The summed E-state index contributed by atoms with van der Waals surface area (Å²) >= 11 is 1.53. The van der Waals surface area contributed by atoms with E-state index in [-0.39, 0.29) is 18.6 Å². The fourth-order valence-corrected chi connectivity index (χ4v) is 4.22. The fraction of sp³-hybridized carbons (Fsp3) is 0.364. The van der Waals surface area contributed by atoms with E-state index in [0.29, 0.717) is 29.8 Å². The molecule has 4 rings (SSSR count). The first-order chi connectivity index (χ1) is 14.6. The first-order valence-electron chi connectivity index (χ1n) is 9.80. The van der Waals surface area contributed by atoms with E-state index in [4.69, 9.17) is 18.9 Å². The minimum atomic E-state index is -0.0247. The summed E-state index contributed by atoms with van der Waals surface area (Å²) < 4.78 is 23.2. The summed E-state index contributed by atoms with van der Waals surface area (Å²) in [5.41, 5.74) is 0.872. The molecule has 1 saturated heterocycles. The van der Waals surface area contributed by atoms with Crippen molar-refractivity contribution in [3.63, 3.8) is 0 Å². The minimum absolute atomic E-state index is 0.0123. The molecule has 158 valence electrons. The summed E-state index contributed by atoms with van der Waals surface area (Å²) in [5.74, 6) is 2.07. The van der Waals surface area contributed by atoms with Crippen LogP contribution in [0.15, 0.2) is 42.5 Å². The Hall–Kier alpha value is -3.00. The van der Waals surface area contributed by atoms with Crippen LogP contribution in [0, 0.1) is 0 Å². The number of carbonyl (C=O) groups excluding carboxylic acids is 1. The third-order valence-electron chi connectivity index (χ3n) is 5.04. The molecule has 8 heteroatoms. The summed E-state index contributed by atoms with van der Waals surface area (Å²) in [7, 11) is 3.24. The molecule has 1 aliphatic rings. The fourth-order valence-electron chi connectivity index (χ4n) is 3.36. The van der Waals surface area contributed by atoms with E-state index < -0.39 is 0 Å². The van der Waals surface area contributed by atoms with Crippen LogP contribution in [-0.4, -0.2) is 55.8 Å². The maximum Gasteiger partial charge on any atom is 0.274 e. The Labute approximate surface area is 179 Å². The van der Waals surface area contributed by atoms with Crippen molar-refractivity contribution in [1.29, 1.82) is 0 Å². The normalized spacial score (nSPS) is 14.5. The molecule has 1 amide bonds. The van der Waals surface area contributed by atoms with Gasteiger partial charge in [0.25, 0.3) is 11.1 Å². The maximum atomic E-state index is 12.5. The van der Waals surface area contributed by atoms with Crippen LogP contribution in [0.4, 0.5) is 0 Å². The molecular formula is C22H24N2O5S. The van der Waals surface area contributed by atoms with Crippen molar-refractivity contribution < 1.29 is 23.7 Å². The lowest BCUT2D eigenvalue weighted by atomic mass is 10.1. The smallest absolute Gasteiger partial charge is 0.274 e. The number of piperidine rings is 1. The topological polar surface area (TPSA) is 70.1 Å². The number of hydrogen-bond acceptors (Lipinski definition) is 7. The molecule has 0 atom stereocenters. The molecule has 0 N–H and O–H groups in total. The molecule has 1 fully saturated rings. The van der Waals surface area contributed by atoms with Crippen molar-refractivity contribution in [2.24, 2.45) is 0 Å². The Kier molecular flexibility index (Phi) is 6.23. The van der Waals surface area contributed by atoms with Crippen molar-refractivity contribution in [2.45, 2.75) is 18.9 Å². The molecule has 0 saturated carbocycles. The van der Waals surface area contributed by atoms with Gasteiger partial charge in [-0.1, -0.05) is 17.4 Å². The van der Waals surface area contributed by atoms with E-state index in [0.717, 1.165) is 28.8 Å². The van der Waals surface area contributed by atoms with Gasteiger partial charge in [0, 0.05) is 38.1 Å². The molecule has 1 aromatic heterocycles. The summed E-state index contributed by atoms with van der Waals surface area (Å²) in [6.45, 7) is 1.30. The quantitative estimate of drug-likeness (QED) is 0.571. The highest BCUT2D eigenvalue weighted by Crippen LogP contribution is 2.32. The molecule has 0 bridgehead atoms. The van der Waals surface area contributed by atoms with Crippen LogP contribution in [0.3, 0.4) is 0 Å². The molecular weight excluding hydrogens is 404 g/mol. The molecule has 0 radical (unpaired) electrons. The van der Waals surface area contributed by atoms with Gasteiger partial charge in [-0.2, -0.15) is 0 Å². The average molecular weight is 429 g/mol. The highest BCUT2D eigenvalue weighted by atomic mass is 32.1. The van der Waals surface area contributed by atoms with Crippen LogP contribution in [0.25, 0.3) is 10.2 Å². The van der Waals surface area contributed by atoms with E-state index >= 15 is 0 Å². The lowest BCUT2D eigenvalue weighted by molar-refractivity contribution is -0.135. The maximum absolute atomic E-state index is 12.5. The lowest BCUT2D eigenvalue weighted by Crippen LogP contribution is -2.43. The molecule has 2 aromatic carbocycles. The zero-order valence-electron chi connectivity index (χ0n) is 17.0. The van der Waals surface area contributed by atoms with Gasteiger partial charge in [-0.3, -0.25) is 4.79 Å². The number of fused-ring (bicyclic) bond motifs is 1. The Balaban J connectivity index is 1.26. The number of nitrogens with zero attached hydrogens (tertiary/aromatic N) is 2. The number of aromatic nitrogens is 1. The Bertz CT molecular complexity index is 1010. The SMILES string of the molecule is COc1cccc(OCC(=O)N2CCC(Oc3nc4cc(OC)ccc4s3)CC2)c1. The Morgan fingerprint density at radius 1 is 1.07 bits per heavy atom. The van der Waals surface area contributed by atoms with E-state index in [2.05, 4.69) is 4.98 Å². The standard InChI is InChI=1S/C22H24N2O5S/c1-26-16-4-3-5-18(12-16)28-14-21(25)24-10-8-15(9-11-24)29-22-23-19-13-17(27-2)6-7-20(19)30-22/h3-7,12-13,15H,8-11,14H2,1-2H3. The van der Waals surface area contributed by atoms with Crippen LogP contribution in [0.2, 0.25) is 0 Å². The minimum Gasteiger partial charge on any atom is -0.497 e. The number of methoxy groups -OCH3 is 2. The third kappa shape index (κ3) is 4.76. The molecule has 1 aliphatic heterocycles. The van der Waals surface area contributed by atoms with Crippen LogP contribution in [-0.2, 0) is 4.79 Å². The first-order valence-corrected chi connectivity index (χ1v) is 10.6. The Morgan fingerprint density at radius 2 is 1.80 bits per heavy atom. The lowest BCUT2D eigenvalue weighted by Gasteiger charge is -2.31. The predicted molar refractivity (Wildman–Crippen MR) is 115 cm³/mol. The van der Waals surface area contributed by atoms with Crippen LogP contribution >= 0.6 is 11.3 Å². The average Bonchev–Trinajstić information content (AvgIpc) is 3.19. The molecule has 0 unspecified atom stereocenters. The second-order valence-electron chi connectivity index (χ2n) is 6.98. The van der Waals surface area contributed by atoms with Crippen LogP contribution in [0.5, 0.6) is 22.4 Å². The van der Waals surface area contributed by atoms with Gasteiger partial charge in [0.1, 0.15) is 23.4 Å². The van der Waals surface area contributed by atoms with Crippen LogP contribution < -0.4 is 18.9 Å². The highest BCUT2D eigenvalue weighted by molar-refractivity contribution is 7.20. The summed E-state index contributed by atoms with van der Waals surface area (Å²) in [6, 6.07) is 13.1. The molecule has 30 heavy (non-hydrogen) atoms. The summed E-state index contributed by atoms with van der Waals surface area (Å²) in [4.78, 5) is 18.9. The van der Waals surface area contributed by atoms with Crippen molar-refractivity contribution in [3.8, 4) is 22.4 Å². The van der Waals surface area contributed by atoms with E-state index in [1.165, 1.54) is 11.3 Å². The number of benzene rings is 2. The van der Waals surface area contributed by atoms with Crippen LogP contribution in [0.1, 0.15) is 12.8 Å². The number of thiazole rings is 1. The number of likely N-dealkylation sites (tertiary alicyclic amines) is 1. The Morgan fingerprint density at radius 3 is 2.57 bits per heavy atom. The largest absolute Gasteiger partial charge is 0.497 e. The molecule has 0 spiro atoms. The molecule has 3 aromatic rings. The summed E-state index contributed by atoms with van der Waals surface area (Å²) in [5, 5.41) is 0.657. The van der Waals surface area contributed by atoms with Gasteiger partial charge in [0.15, 0.2) is 6.61 Å². The number of amides is 1. The number of carbonyl (C=O) groups is 1. The van der Waals surface area contributed by atoms with Crippen molar-refractivity contribution in [2.75, 3.05) is 33.9 Å². The second kappa shape index (κ2) is 9.21. The van der Waals surface area contributed by atoms with Gasteiger partial charge >= 0.3 is 0 Å². The van der Waals surface area contributed by atoms with E-state index in [1.54, 1.807) is 20.3 Å². The van der Waals surface area contributed by atoms with Gasteiger partial charge < -0.3 is 23.8 Å². The van der Waals surface area contributed by atoms with Gasteiger partial charge in [-0.05, 0) is 24.3 Å². The zero-order chi connectivity index (χ0) is 20.9. The van der Waals surface area contributed by atoms with Crippen molar-refractivity contribution >= 4 is 27.5 Å². The molecule has 0 aliphatic carbocycles. The second-order valence-corrected chi connectivity index (χ2v) is 7.97. The van der Waals surface area contributed by atoms with Crippen molar-refractivity contribution in [3.05, 3.63) is 42.5 Å². The van der Waals surface area contributed by atoms with Gasteiger partial charge in [-0.15, -0.1) is 0 Å². The van der Waals surface area contributed by atoms with Gasteiger partial charge in [-0.25, -0.2) is 4.98 Å². The zero-order valence-corrected chi connectivity index (χ0v) is 17.8. The molecule has 2 heterocycles. The van der Waals surface area contributed by atoms with Gasteiger partial charge in [0.05, 0.1) is 24.4 Å². The first kappa shape index (κ1) is 20.3. The molecule has 7 nitrogen and oxygen atoms in total. The van der Waals surface area contributed by atoms with E-state index in [1.807, 2.05) is 41.3 Å². The number of ether oxygens (including phenoxy) is 4. The monoisotopic (exact) mass is 428 g/mol. The highest BCUT2D eigenvalue weighted by Gasteiger charge is 2.25. The van der Waals surface area contributed by atoms with Gasteiger partial charge in [0.2, 0.25) is 0 Å². The number of hydrogen-bond donors (Lipinski definition) is 0. The van der Waals surface area contributed by atoms with Crippen molar-refractivity contribution in [1.82, 2.24) is 9.88 Å². The summed E-state index contributed by atoms with van der Waals surface area (Å²) in [6.07, 6.45) is 1.59. The van der Waals surface area contributed by atoms with E-state index in [9.17, 15) is 4.79 Å². The number of rotatable bonds is 7. The third-order valence-corrected chi connectivity index (χ3v) is 5.97.